The third-order valence-corrected chi connectivity index (χ3v) is 10.3. The number of piperazine rings is 1. The molecule has 0 bridgehead atoms. The molecule has 30 heavy (non-hydrogen) atoms. The Labute approximate surface area is 179 Å². The van der Waals surface area contributed by atoms with Crippen molar-refractivity contribution in [3.05, 3.63) is 23.4 Å². The number of imidazole rings is 1. The highest BCUT2D eigenvalue weighted by atomic mass is 28.4. The average Bonchev–Trinajstić information content (AvgIpc) is 2.99. The number of nitrogens with zero attached hydrogens (tertiary/aromatic N) is 3. The molecular formula is C21H34N4O4Si. The molecule has 1 aromatic heterocycles. The van der Waals surface area contributed by atoms with Gasteiger partial charge < -0.3 is 14.3 Å². The number of hydrogen-bond acceptors (Lipinski definition) is 5. The van der Waals surface area contributed by atoms with Crippen LogP contribution in [0.15, 0.2) is 12.0 Å². The summed E-state index contributed by atoms with van der Waals surface area (Å²) < 4.78 is 8.31. The zero-order valence-electron chi connectivity index (χ0n) is 19.3. The number of nitrogens with one attached hydrogen (secondary N) is 1. The third kappa shape index (κ3) is 5.26. The van der Waals surface area contributed by atoms with E-state index in [1.54, 1.807) is 12.4 Å². The maximum Gasteiger partial charge on any atom is 0.277 e. The summed E-state index contributed by atoms with van der Waals surface area (Å²) in [7, 11) is -1.84. The van der Waals surface area contributed by atoms with E-state index in [4.69, 9.17) is 4.43 Å². The van der Waals surface area contributed by atoms with E-state index in [1.165, 1.54) is 6.92 Å². The Morgan fingerprint density at radius 3 is 2.50 bits per heavy atom. The summed E-state index contributed by atoms with van der Waals surface area (Å²) >= 11 is 0. The first-order chi connectivity index (χ1) is 13.7. The SMILES string of the molecule is CC(=O)N1CC(=O)NC(=Cc2ncn(CCO[Si](C)(C)C(C)(C)C)c2C(C)C)C1=O. The van der Waals surface area contributed by atoms with Crippen LogP contribution in [0.2, 0.25) is 18.1 Å². The fourth-order valence-corrected chi connectivity index (χ4v) is 4.07. The van der Waals surface area contributed by atoms with Gasteiger partial charge in [-0.25, -0.2) is 4.98 Å². The highest BCUT2D eigenvalue weighted by Gasteiger charge is 2.37. The van der Waals surface area contributed by atoms with Crippen LogP contribution in [0.3, 0.4) is 0 Å². The minimum Gasteiger partial charge on any atom is -0.415 e. The van der Waals surface area contributed by atoms with Crippen molar-refractivity contribution < 1.29 is 18.8 Å². The summed E-state index contributed by atoms with van der Waals surface area (Å²) in [6.07, 6.45) is 3.28. The van der Waals surface area contributed by atoms with Gasteiger partial charge in [-0.1, -0.05) is 34.6 Å². The molecule has 0 atom stereocenters. The Morgan fingerprint density at radius 1 is 1.33 bits per heavy atom. The number of hydrogen-bond donors (Lipinski definition) is 1. The minimum atomic E-state index is -1.84. The third-order valence-electron chi connectivity index (χ3n) is 5.77. The van der Waals surface area contributed by atoms with E-state index in [0.717, 1.165) is 10.6 Å². The fraction of sp³-hybridized carbons (Fsp3) is 0.619. The first-order valence-electron chi connectivity index (χ1n) is 10.3. The van der Waals surface area contributed by atoms with Crippen molar-refractivity contribution in [2.24, 2.45) is 0 Å². The molecule has 1 aliphatic heterocycles. The molecule has 166 valence electrons. The van der Waals surface area contributed by atoms with Crippen LogP contribution < -0.4 is 5.32 Å². The lowest BCUT2D eigenvalue weighted by Gasteiger charge is -2.36. The first-order valence-corrected chi connectivity index (χ1v) is 13.2. The fourth-order valence-electron chi connectivity index (χ4n) is 3.03. The number of rotatable bonds is 6. The van der Waals surface area contributed by atoms with Gasteiger partial charge in [0.2, 0.25) is 11.8 Å². The van der Waals surface area contributed by atoms with E-state index in [-0.39, 0.29) is 23.2 Å². The molecule has 1 aliphatic rings. The highest BCUT2D eigenvalue weighted by Crippen LogP contribution is 2.36. The predicted molar refractivity (Wildman–Crippen MR) is 118 cm³/mol. The number of amides is 3. The summed E-state index contributed by atoms with van der Waals surface area (Å²) in [5, 5.41) is 2.70. The lowest BCUT2D eigenvalue weighted by Crippen LogP contribution is -2.51. The zero-order chi connectivity index (χ0) is 22.9. The van der Waals surface area contributed by atoms with Gasteiger partial charge in [0.15, 0.2) is 8.32 Å². The monoisotopic (exact) mass is 434 g/mol. The van der Waals surface area contributed by atoms with Crippen molar-refractivity contribution in [1.82, 2.24) is 19.8 Å². The van der Waals surface area contributed by atoms with Crippen LogP contribution in [0.5, 0.6) is 0 Å². The van der Waals surface area contributed by atoms with E-state index in [1.807, 2.05) is 18.4 Å². The second-order valence-electron chi connectivity index (χ2n) is 9.49. The molecule has 0 radical (unpaired) electrons. The Balaban J connectivity index is 2.26. The van der Waals surface area contributed by atoms with E-state index < -0.39 is 26.0 Å². The second-order valence-corrected chi connectivity index (χ2v) is 14.3. The van der Waals surface area contributed by atoms with Crippen molar-refractivity contribution in [3.8, 4) is 0 Å². The van der Waals surface area contributed by atoms with Crippen molar-refractivity contribution in [2.75, 3.05) is 13.2 Å². The van der Waals surface area contributed by atoms with Crippen molar-refractivity contribution in [1.29, 1.82) is 0 Å². The summed E-state index contributed by atoms with van der Waals surface area (Å²) in [6, 6.07) is 0. The van der Waals surface area contributed by atoms with Gasteiger partial charge in [-0.3, -0.25) is 19.3 Å². The largest absolute Gasteiger partial charge is 0.415 e. The van der Waals surface area contributed by atoms with Crippen molar-refractivity contribution in [3.63, 3.8) is 0 Å². The van der Waals surface area contributed by atoms with Gasteiger partial charge in [0.05, 0.1) is 18.6 Å². The maximum absolute atomic E-state index is 12.6. The molecule has 3 amide bonds. The molecule has 1 saturated heterocycles. The molecule has 9 heteroatoms. The normalized spacial score (nSPS) is 17.1. The van der Waals surface area contributed by atoms with Gasteiger partial charge >= 0.3 is 0 Å². The van der Waals surface area contributed by atoms with Crippen LogP contribution in [0.25, 0.3) is 6.08 Å². The Hall–Kier alpha value is -2.26. The van der Waals surface area contributed by atoms with Crippen LogP contribution >= 0.6 is 0 Å². The molecule has 1 N–H and O–H groups in total. The maximum atomic E-state index is 12.6. The Kier molecular flexibility index (Phi) is 7.08. The smallest absolute Gasteiger partial charge is 0.277 e. The second kappa shape index (κ2) is 8.85. The topological polar surface area (TPSA) is 93.5 Å². The first kappa shape index (κ1) is 24.0. The number of carbonyl (C=O) groups is 3. The number of carbonyl (C=O) groups excluding carboxylic acids is 3. The quantitative estimate of drug-likeness (QED) is 0.549. The molecule has 2 heterocycles. The molecule has 0 saturated carbocycles. The molecule has 0 spiro atoms. The predicted octanol–water partition coefficient (Wildman–Crippen LogP) is 2.87. The number of imide groups is 1. The van der Waals surface area contributed by atoms with Crippen LogP contribution in [0, 0.1) is 0 Å². The highest BCUT2D eigenvalue weighted by molar-refractivity contribution is 6.74. The summed E-state index contributed by atoms with van der Waals surface area (Å²) in [5.41, 5.74) is 1.61. The van der Waals surface area contributed by atoms with E-state index in [2.05, 4.69) is 44.2 Å². The van der Waals surface area contributed by atoms with Gasteiger partial charge in [-0.15, -0.1) is 0 Å². The molecule has 1 fully saturated rings. The van der Waals surface area contributed by atoms with Gasteiger partial charge in [0, 0.05) is 19.2 Å². The standard InChI is InChI=1S/C21H34N4O4Si/c1-14(2)19-16(11-17-20(28)25(15(3)26)12-18(27)23-17)22-13-24(19)9-10-29-30(7,8)21(4,5)6/h11,13-14H,9-10,12H2,1-8H3,(H,23,27). The number of aromatic nitrogens is 2. The molecule has 0 aromatic carbocycles. The molecule has 0 aliphatic carbocycles. The van der Waals surface area contributed by atoms with Crippen LogP contribution in [-0.4, -0.2) is 53.6 Å². The molecular weight excluding hydrogens is 400 g/mol. The van der Waals surface area contributed by atoms with Gasteiger partial charge in [0.25, 0.3) is 5.91 Å². The van der Waals surface area contributed by atoms with E-state index in [0.29, 0.717) is 18.8 Å². The van der Waals surface area contributed by atoms with Crippen LogP contribution in [0.1, 0.15) is 58.8 Å². The lowest BCUT2D eigenvalue weighted by molar-refractivity contribution is -0.147. The van der Waals surface area contributed by atoms with Gasteiger partial charge in [-0.05, 0) is 30.1 Å². The molecule has 1 aromatic rings. The van der Waals surface area contributed by atoms with Gasteiger partial charge in [-0.2, -0.15) is 0 Å². The average molecular weight is 435 g/mol. The van der Waals surface area contributed by atoms with Crippen LogP contribution in [-0.2, 0) is 25.4 Å². The van der Waals surface area contributed by atoms with Crippen LogP contribution in [0.4, 0.5) is 0 Å². The zero-order valence-corrected chi connectivity index (χ0v) is 20.3. The van der Waals surface area contributed by atoms with E-state index >= 15 is 0 Å². The van der Waals surface area contributed by atoms with E-state index in [9.17, 15) is 14.4 Å². The summed E-state index contributed by atoms with van der Waals surface area (Å²) in [4.78, 5) is 41.5. The Morgan fingerprint density at radius 2 is 1.97 bits per heavy atom. The summed E-state index contributed by atoms with van der Waals surface area (Å²) in [6.45, 7) is 17.4. The lowest BCUT2D eigenvalue weighted by atomic mass is 10.1. The minimum absolute atomic E-state index is 0.0612. The molecule has 8 nitrogen and oxygen atoms in total. The van der Waals surface area contributed by atoms with Crippen molar-refractivity contribution >= 4 is 32.1 Å². The van der Waals surface area contributed by atoms with Gasteiger partial charge in [0.1, 0.15) is 12.2 Å². The van der Waals surface area contributed by atoms with Crippen molar-refractivity contribution in [2.45, 2.75) is 72.1 Å². The molecule has 0 unspecified atom stereocenters. The molecule has 2 rings (SSSR count). The summed E-state index contributed by atoms with van der Waals surface area (Å²) in [5.74, 6) is -1.24. The Bertz CT molecular complexity index is 865.